The average Bonchev–Trinajstić information content (AvgIpc) is 2.67. The average molecular weight is 360 g/mol. The number of aryl methyl sites for hydroxylation is 1. The molecule has 0 fully saturated rings. The van der Waals surface area contributed by atoms with E-state index in [0.29, 0.717) is 11.1 Å². The summed E-state index contributed by atoms with van der Waals surface area (Å²) in [6.45, 7) is 1.79. The van der Waals surface area contributed by atoms with Crippen molar-refractivity contribution in [2.75, 3.05) is 11.1 Å². The van der Waals surface area contributed by atoms with E-state index >= 15 is 0 Å². The molecule has 0 radical (unpaired) electrons. The summed E-state index contributed by atoms with van der Waals surface area (Å²) in [6.07, 6.45) is 0. The summed E-state index contributed by atoms with van der Waals surface area (Å²) in [5, 5.41) is 11.9. The van der Waals surface area contributed by atoms with Crippen LogP contribution < -0.4 is 11.1 Å². The lowest BCUT2D eigenvalue weighted by molar-refractivity contribution is 0.0462. The van der Waals surface area contributed by atoms with Crippen molar-refractivity contribution >= 4 is 23.6 Å². The predicted octanol–water partition coefficient (Wildman–Crippen LogP) is 2.73. The molecular weight excluding hydrogens is 344 g/mol. The molecule has 0 amide bonds. The largest absolute Gasteiger partial charge is 0.454 e. The highest BCUT2D eigenvalue weighted by molar-refractivity contribution is 5.89. The van der Waals surface area contributed by atoms with Crippen molar-refractivity contribution in [1.29, 1.82) is 5.26 Å². The molecule has 0 atom stereocenters. The fourth-order valence-corrected chi connectivity index (χ4v) is 2.29. The Morgan fingerprint density at radius 3 is 2.59 bits per heavy atom. The zero-order valence-electron chi connectivity index (χ0n) is 14.5. The van der Waals surface area contributed by atoms with Crippen LogP contribution in [-0.4, -0.2) is 20.9 Å². The molecule has 0 aliphatic carbocycles. The molecule has 8 nitrogen and oxygen atoms in total. The van der Waals surface area contributed by atoms with Crippen LogP contribution >= 0.6 is 0 Å². The topological polar surface area (TPSA) is 127 Å². The van der Waals surface area contributed by atoms with E-state index in [0.717, 1.165) is 11.3 Å². The maximum atomic E-state index is 12.1. The number of nitrogen functional groups attached to an aromatic ring is 1. The van der Waals surface area contributed by atoms with Gasteiger partial charge in [0, 0.05) is 5.69 Å². The monoisotopic (exact) mass is 360 g/mol. The van der Waals surface area contributed by atoms with Crippen molar-refractivity contribution in [2.24, 2.45) is 0 Å². The van der Waals surface area contributed by atoms with E-state index in [1.54, 1.807) is 12.1 Å². The zero-order chi connectivity index (χ0) is 19.2. The molecule has 0 saturated carbocycles. The Hall–Kier alpha value is -3.99. The van der Waals surface area contributed by atoms with Crippen molar-refractivity contribution in [1.82, 2.24) is 15.0 Å². The van der Waals surface area contributed by atoms with Gasteiger partial charge in [0.05, 0.1) is 17.2 Å². The van der Waals surface area contributed by atoms with Crippen LogP contribution in [0.25, 0.3) is 0 Å². The molecule has 27 heavy (non-hydrogen) atoms. The van der Waals surface area contributed by atoms with Crippen LogP contribution in [-0.2, 0) is 11.3 Å². The van der Waals surface area contributed by atoms with E-state index in [9.17, 15) is 4.79 Å². The standard InChI is InChI=1S/C19H16N6O2/c1-12-4-2-3-5-15(12)22-19-24-16(23-18(21)25-19)11-27-17(26)14-8-6-13(10-20)7-9-14/h2-9H,11H2,1H3,(H3,21,22,23,24,25). The van der Waals surface area contributed by atoms with Crippen molar-refractivity contribution in [3.63, 3.8) is 0 Å². The van der Waals surface area contributed by atoms with Crippen molar-refractivity contribution in [2.45, 2.75) is 13.5 Å². The molecule has 3 rings (SSSR count). The smallest absolute Gasteiger partial charge is 0.338 e. The molecule has 0 spiro atoms. The third-order valence-electron chi connectivity index (χ3n) is 3.67. The van der Waals surface area contributed by atoms with Gasteiger partial charge in [-0.15, -0.1) is 0 Å². The Morgan fingerprint density at radius 2 is 1.89 bits per heavy atom. The zero-order valence-corrected chi connectivity index (χ0v) is 14.5. The number of hydrogen-bond acceptors (Lipinski definition) is 8. The highest BCUT2D eigenvalue weighted by Gasteiger charge is 2.11. The normalized spacial score (nSPS) is 10.1. The Bertz CT molecular complexity index is 1010. The van der Waals surface area contributed by atoms with Gasteiger partial charge in [0.2, 0.25) is 11.9 Å². The number of nitrogens with one attached hydrogen (secondary N) is 1. The lowest BCUT2D eigenvalue weighted by Crippen LogP contribution is -2.11. The summed E-state index contributed by atoms with van der Waals surface area (Å²) in [4.78, 5) is 24.4. The van der Waals surface area contributed by atoms with Crippen molar-refractivity contribution in [3.8, 4) is 6.07 Å². The van der Waals surface area contributed by atoms with E-state index in [2.05, 4.69) is 20.3 Å². The van der Waals surface area contributed by atoms with Gasteiger partial charge in [0.25, 0.3) is 0 Å². The minimum atomic E-state index is -0.549. The molecule has 3 aromatic rings. The van der Waals surface area contributed by atoms with Crippen molar-refractivity contribution in [3.05, 3.63) is 71.0 Å². The molecule has 0 aliphatic heterocycles. The number of nitrogens with two attached hydrogens (primary N) is 1. The Kier molecular flexibility index (Phi) is 5.23. The fraction of sp³-hybridized carbons (Fsp3) is 0.105. The number of esters is 1. The fourth-order valence-electron chi connectivity index (χ4n) is 2.29. The number of para-hydroxylation sites is 1. The summed E-state index contributed by atoms with van der Waals surface area (Å²) in [7, 11) is 0. The summed E-state index contributed by atoms with van der Waals surface area (Å²) < 4.78 is 5.21. The van der Waals surface area contributed by atoms with E-state index in [-0.39, 0.29) is 24.3 Å². The maximum absolute atomic E-state index is 12.1. The highest BCUT2D eigenvalue weighted by atomic mass is 16.5. The van der Waals surface area contributed by atoms with Gasteiger partial charge in [-0.05, 0) is 42.8 Å². The molecule has 3 N–H and O–H groups in total. The number of ether oxygens (including phenoxy) is 1. The first-order valence-corrected chi connectivity index (χ1v) is 8.05. The summed E-state index contributed by atoms with van der Waals surface area (Å²) in [5.41, 5.74) is 8.37. The molecule has 2 aromatic carbocycles. The van der Waals surface area contributed by atoms with E-state index in [1.807, 2.05) is 37.3 Å². The molecule has 1 heterocycles. The highest BCUT2D eigenvalue weighted by Crippen LogP contribution is 2.18. The summed E-state index contributed by atoms with van der Waals surface area (Å²) in [5.74, 6) is -0.0424. The molecular formula is C19H16N6O2. The van der Waals surface area contributed by atoms with E-state index in [4.69, 9.17) is 15.7 Å². The number of nitrogens with zero attached hydrogens (tertiary/aromatic N) is 4. The molecule has 0 bridgehead atoms. The molecule has 1 aromatic heterocycles. The Morgan fingerprint density at radius 1 is 1.15 bits per heavy atom. The minimum absolute atomic E-state index is 0.0190. The maximum Gasteiger partial charge on any atom is 0.338 e. The number of anilines is 3. The van der Waals surface area contributed by atoms with Crippen LogP contribution in [0.5, 0.6) is 0 Å². The first-order valence-electron chi connectivity index (χ1n) is 8.05. The molecule has 0 saturated heterocycles. The van der Waals surface area contributed by atoms with Gasteiger partial charge in [0.1, 0.15) is 0 Å². The first-order chi connectivity index (χ1) is 13.0. The second kappa shape index (κ2) is 7.93. The number of aromatic nitrogens is 3. The van der Waals surface area contributed by atoms with E-state index in [1.165, 1.54) is 12.1 Å². The molecule has 0 aliphatic rings. The van der Waals surface area contributed by atoms with Crippen LogP contribution in [0.3, 0.4) is 0 Å². The van der Waals surface area contributed by atoms with Gasteiger partial charge in [-0.1, -0.05) is 18.2 Å². The van der Waals surface area contributed by atoms with Gasteiger partial charge in [0.15, 0.2) is 12.4 Å². The predicted molar refractivity (Wildman–Crippen MR) is 99.0 cm³/mol. The van der Waals surface area contributed by atoms with Gasteiger partial charge < -0.3 is 15.8 Å². The van der Waals surface area contributed by atoms with Gasteiger partial charge in [-0.25, -0.2) is 4.79 Å². The first kappa shape index (κ1) is 17.8. The van der Waals surface area contributed by atoms with Crippen molar-refractivity contribution < 1.29 is 9.53 Å². The Labute approximate surface area is 155 Å². The van der Waals surface area contributed by atoms with Gasteiger partial charge in [-0.2, -0.15) is 20.2 Å². The third-order valence-corrected chi connectivity index (χ3v) is 3.67. The number of nitriles is 1. The Balaban J connectivity index is 1.70. The van der Waals surface area contributed by atoms with Crippen LogP contribution in [0, 0.1) is 18.3 Å². The lowest BCUT2D eigenvalue weighted by Gasteiger charge is -2.09. The van der Waals surface area contributed by atoms with Crippen LogP contribution in [0.15, 0.2) is 48.5 Å². The third kappa shape index (κ3) is 4.55. The summed E-state index contributed by atoms with van der Waals surface area (Å²) >= 11 is 0. The van der Waals surface area contributed by atoms with E-state index < -0.39 is 5.97 Å². The number of benzene rings is 2. The summed E-state index contributed by atoms with van der Waals surface area (Å²) in [6, 6.07) is 15.8. The van der Waals surface area contributed by atoms with Crippen LogP contribution in [0.4, 0.5) is 17.6 Å². The molecule has 134 valence electrons. The lowest BCUT2D eigenvalue weighted by atomic mass is 10.1. The van der Waals surface area contributed by atoms with Crippen LogP contribution in [0.2, 0.25) is 0 Å². The number of hydrogen-bond donors (Lipinski definition) is 2. The number of carbonyl (C=O) groups excluding carboxylic acids is 1. The second-order valence-electron chi connectivity index (χ2n) is 5.64. The SMILES string of the molecule is Cc1ccccc1Nc1nc(N)nc(COC(=O)c2ccc(C#N)cc2)n1. The molecule has 0 unspecified atom stereocenters. The van der Waals surface area contributed by atoms with Gasteiger partial charge in [-0.3, -0.25) is 0 Å². The number of rotatable bonds is 5. The van der Waals surface area contributed by atoms with Gasteiger partial charge >= 0.3 is 5.97 Å². The molecule has 8 heteroatoms. The number of carbonyl (C=O) groups is 1. The van der Waals surface area contributed by atoms with Crippen LogP contribution in [0.1, 0.15) is 27.3 Å². The second-order valence-corrected chi connectivity index (χ2v) is 5.64. The quantitative estimate of drug-likeness (QED) is 0.665. The minimum Gasteiger partial charge on any atom is -0.454 e.